The Kier molecular flexibility index (Phi) is 2.60. The molecule has 1 heterocycles. The van der Waals surface area contributed by atoms with Crippen molar-refractivity contribution in [1.29, 1.82) is 0 Å². The summed E-state index contributed by atoms with van der Waals surface area (Å²) in [6.07, 6.45) is 0.131. The van der Waals surface area contributed by atoms with Crippen LogP contribution in [0, 0.1) is 0 Å². The van der Waals surface area contributed by atoms with Crippen molar-refractivity contribution in [3.8, 4) is 0 Å². The summed E-state index contributed by atoms with van der Waals surface area (Å²) < 4.78 is 0. The number of carbonyl (C=O) groups is 1. The van der Waals surface area contributed by atoms with Gasteiger partial charge in [0.05, 0.1) is 11.8 Å². The predicted octanol–water partition coefficient (Wildman–Crippen LogP) is 1.27. The largest absolute Gasteiger partial charge is 0.388 e. The van der Waals surface area contributed by atoms with Crippen molar-refractivity contribution in [2.24, 2.45) is 0 Å². The Morgan fingerprint density at radius 1 is 1.53 bits per heavy atom. The first-order valence-corrected chi connectivity index (χ1v) is 5.00. The molecular formula is C11H14N2O2. The maximum Gasteiger partial charge on any atom is 0.321 e. The summed E-state index contributed by atoms with van der Waals surface area (Å²) in [7, 11) is 1.61. The molecule has 0 aromatic heterocycles. The topological polar surface area (TPSA) is 52.6 Å². The smallest absolute Gasteiger partial charge is 0.321 e. The molecule has 80 valence electrons. The van der Waals surface area contributed by atoms with Gasteiger partial charge in [-0.05, 0) is 12.5 Å². The van der Waals surface area contributed by atoms with Gasteiger partial charge < -0.3 is 10.4 Å². The lowest BCUT2D eigenvalue weighted by Crippen LogP contribution is -2.42. The van der Waals surface area contributed by atoms with E-state index in [4.69, 9.17) is 0 Å². The van der Waals surface area contributed by atoms with E-state index in [9.17, 15) is 9.90 Å². The number of carbonyl (C=O) groups excluding carboxylic acids is 1. The zero-order valence-corrected chi connectivity index (χ0v) is 8.60. The minimum absolute atomic E-state index is 0.130. The van der Waals surface area contributed by atoms with Crippen LogP contribution in [-0.2, 0) is 0 Å². The molecule has 1 unspecified atom stereocenters. The zero-order valence-electron chi connectivity index (χ0n) is 8.60. The van der Waals surface area contributed by atoms with Crippen molar-refractivity contribution in [2.45, 2.75) is 12.5 Å². The van der Waals surface area contributed by atoms with Gasteiger partial charge in [-0.25, -0.2) is 4.79 Å². The maximum absolute atomic E-state index is 11.6. The summed E-state index contributed by atoms with van der Waals surface area (Å²) in [5.41, 5.74) is 1.63. The van der Waals surface area contributed by atoms with Crippen molar-refractivity contribution in [1.82, 2.24) is 5.32 Å². The summed E-state index contributed by atoms with van der Waals surface area (Å²) in [6, 6.07) is 7.32. The lowest BCUT2D eigenvalue weighted by atomic mass is 9.99. The predicted molar refractivity (Wildman–Crippen MR) is 57.8 cm³/mol. The molecule has 15 heavy (non-hydrogen) atoms. The van der Waals surface area contributed by atoms with E-state index in [0.29, 0.717) is 13.0 Å². The second kappa shape index (κ2) is 3.90. The standard InChI is InChI=1S/C11H14N2O2/c1-12-11(15)13-7-6-10(14)8-4-2-3-5-9(8)13/h2-5,10,14H,6-7H2,1H3,(H,12,15). The van der Waals surface area contributed by atoms with Gasteiger partial charge in [0.25, 0.3) is 0 Å². The summed E-state index contributed by atoms with van der Waals surface area (Å²) in [5.74, 6) is 0. The molecule has 0 bridgehead atoms. The molecule has 2 rings (SSSR count). The summed E-state index contributed by atoms with van der Waals surface area (Å²) in [6.45, 7) is 0.553. The van der Waals surface area contributed by atoms with Gasteiger partial charge in [0.15, 0.2) is 0 Å². The number of para-hydroxylation sites is 1. The molecule has 0 saturated carbocycles. The number of rotatable bonds is 0. The molecule has 0 saturated heterocycles. The number of aliphatic hydroxyl groups excluding tert-OH is 1. The van der Waals surface area contributed by atoms with Gasteiger partial charge >= 0.3 is 6.03 Å². The molecule has 0 spiro atoms. The van der Waals surface area contributed by atoms with Crippen LogP contribution in [-0.4, -0.2) is 24.7 Å². The maximum atomic E-state index is 11.6. The van der Waals surface area contributed by atoms with E-state index in [-0.39, 0.29) is 6.03 Å². The van der Waals surface area contributed by atoms with Crippen LogP contribution in [0.15, 0.2) is 24.3 Å². The molecule has 4 heteroatoms. The van der Waals surface area contributed by atoms with Crippen molar-refractivity contribution in [3.63, 3.8) is 0 Å². The second-order valence-corrected chi connectivity index (χ2v) is 3.57. The molecule has 1 atom stereocenters. The highest BCUT2D eigenvalue weighted by atomic mass is 16.3. The molecule has 1 aromatic rings. The number of amides is 2. The van der Waals surface area contributed by atoms with Gasteiger partial charge in [0.2, 0.25) is 0 Å². The lowest BCUT2D eigenvalue weighted by Gasteiger charge is -2.31. The molecule has 0 fully saturated rings. The highest BCUT2D eigenvalue weighted by molar-refractivity contribution is 5.93. The van der Waals surface area contributed by atoms with Crippen LogP contribution in [0.1, 0.15) is 18.1 Å². The Morgan fingerprint density at radius 2 is 2.27 bits per heavy atom. The van der Waals surface area contributed by atoms with Crippen LogP contribution in [0.3, 0.4) is 0 Å². The monoisotopic (exact) mass is 206 g/mol. The first kappa shape index (κ1) is 9.98. The summed E-state index contributed by atoms with van der Waals surface area (Å²) >= 11 is 0. The molecule has 2 amide bonds. The molecule has 2 N–H and O–H groups in total. The third kappa shape index (κ3) is 1.68. The van der Waals surface area contributed by atoms with Crippen LogP contribution in [0.2, 0.25) is 0 Å². The Labute approximate surface area is 88.5 Å². The summed E-state index contributed by atoms with van der Waals surface area (Å²) in [5, 5.41) is 12.4. The van der Waals surface area contributed by atoms with Crippen molar-refractivity contribution >= 4 is 11.7 Å². The number of nitrogens with one attached hydrogen (secondary N) is 1. The third-order valence-electron chi connectivity index (χ3n) is 2.67. The van der Waals surface area contributed by atoms with Crippen molar-refractivity contribution in [2.75, 3.05) is 18.5 Å². The second-order valence-electron chi connectivity index (χ2n) is 3.57. The van der Waals surface area contributed by atoms with E-state index in [1.807, 2.05) is 24.3 Å². The van der Waals surface area contributed by atoms with Gasteiger partial charge in [-0.1, -0.05) is 18.2 Å². The highest BCUT2D eigenvalue weighted by Crippen LogP contribution is 2.33. The number of urea groups is 1. The SMILES string of the molecule is CNC(=O)N1CCC(O)c2ccccc21. The number of aliphatic hydroxyl groups is 1. The van der Waals surface area contributed by atoms with E-state index in [1.165, 1.54) is 0 Å². The fourth-order valence-electron chi connectivity index (χ4n) is 1.89. The Bertz CT molecular complexity index is 379. The minimum atomic E-state index is -0.456. The number of benzene rings is 1. The average Bonchev–Trinajstić information content (AvgIpc) is 2.29. The quantitative estimate of drug-likeness (QED) is 0.671. The van der Waals surface area contributed by atoms with Crippen LogP contribution in [0.4, 0.5) is 10.5 Å². The molecular weight excluding hydrogens is 192 g/mol. The van der Waals surface area contributed by atoms with Gasteiger partial charge in [-0.2, -0.15) is 0 Å². The number of fused-ring (bicyclic) bond motifs is 1. The Morgan fingerprint density at radius 3 is 3.00 bits per heavy atom. The Hall–Kier alpha value is -1.55. The van der Waals surface area contributed by atoms with Gasteiger partial charge in [0, 0.05) is 19.2 Å². The molecule has 1 aromatic carbocycles. The number of hydrogen-bond donors (Lipinski definition) is 2. The van der Waals surface area contributed by atoms with Crippen LogP contribution in [0.5, 0.6) is 0 Å². The summed E-state index contributed by atoms with van der Waals surface area (Å²) in [4.78, 5) is 13.2. The zero-order chi connectivity index (χ0) is 10.8. The fourth-order valence-corrected chi connectivity index (χ4v) is 1.89. The minimum Gasteiger partial charge on any atom is -0.388 e. The van der Waals surface area contributed by atoms with Crippen LogP contribution < -0.4 is 10.2 Å². The van der Waals surface area contributed by atoms with Gasteiger partial charge in [-0.15, -0.1) is 0 Å². The van der Waals surface area contributed by atoms with E-state index in [1.54, 1.807) is 11.9 Å². The normalized spacial score (nSPS) is 19.6. The molecule has 0 aliphatic carbocycles. The van der Waals surface area contributed by atoms with Crippen molar-refractivity contribution < 1.29 is 9.90 Å². The Balaban J connectivity index is 2.40. The van der Waals surface area contributed by atoms with Crippen LogP contribution >= 0.6 is 0 Å². The van der Waals surface area contributed by atoms with Gasteiger partial charge in [0.1, 0.15) is 0 Å². The van der Waals surface area contributed by atoms with Crippen LogP contribution in [0.25, 0.3) is 0 Å². The number of anilines is 1. The van der Waals surface area contributed by atoms with E-state index in [0.717, 1.165) is 11.3 Å². The van der Waals surface area contributed by atoms with E-state index < -0.39 is 6.10 Å². The molecule has 4 nitrogen and oxygen atoms in total. The number of hydrogen-bond acceptors (Lipinski definition) is 2. The van der Waals surface area contributed by atoms with E-state index in [2.05, 4.69) is 5.32 Å². The fraction of sp³-hybridized carbons (Fsp3) is 0.364. The molecule has 1 aliphatic rings. The third-order valence-corrected chi connectivity index (χ3v) is 2.67. The van der Waals surface area contributed by atoms with Gasteiger partial charge in [-0.3, -0.25) is 4.90 Å². The number of nitrogens with zero attached hydrogens (tertiary/aromatic N) is 1. The van der Waals surface area contributed by atoms with E-state index >= 15 is 0 Å². The first-order valence-electron chi connectivity index (χ1n) is 5.00. The van der Waals surface area contributed by atoms with Crippen molar-refractivity contribution in [3.05, 3.63) is 29.8 Å². The molecule has 1 aliphatic heterocycles. The first-order chi connectivity index (χ1) is 7.24. The molecule has 0 radical (unpaired) electrons. The average molecular weight is 206 g/mol. The lowest BCUT2D eigenvalue weighted by molar-refractivity contribution is 0.164. The highest BCUT2D eigenvalue weighted by Gasteiger charge is 2.26.